The zero-order chi connectivity index (χ0) is 25.3. The number of Topliss-reactive ketones (excluding diaryl/α,β-unsaturated/α-hetero) is 1. The first-order valence-electron chi connectivity index (χ1n) is 10.5. The van der Waals surface area contributed by atoms with Crippen LogP contribution in [0.15, 0.2) is 69.0 Å². The van der Waals surface area contributed by atoms with Crippen molar-refractivity contribution < 1.29 is 14.3 Å². The van der Waals surface area contributed by atoms with Crippen LogP contribution in [0.1, 0.15) is 26.4 Å². The summed E-state index contributed by atoms with van der Waals surface area (Å²) in [6, 6.07) is 15.5. The smallest absolute Gasteiger partial charge is 0.359 e. The number of rotatable bonds is 6. The van der Waals surface area contributed by atoms with Crippen molar-refractivity contribution in [2.45, 2.75) is 6.54 Å². The molecule has 0 aliphatic carbocycles. The van der Waals surface area contributed by atoms with Crippen molar-refractivity contribution in [2.24, 2.45) is 14.1 Å². The van der Waals surface area contributed by atoms with Crippen LogP contribution in [0.5, 0.6) is 0 Å². The van der Waals surface area contributed by atoms with E-state index in [4.69, 9.17) is 10.5 Å². The maximum Gasteiger partial charge on any atom is 0.359 e. The summed E-state index contributed by atoms with van der Waals surface area (Å²) in [7, 11) is 2.52. The van der Waals surface area contributed by atoms with Gasteiger partial charge in [-0.25, -0.2) is 14.3 Å². The maximum absolute atomic E-state index is 12.9. The first-order valence-corrected chi connectivity index (χ1v) is 10.5. The highest BCUT2D eigenvalue weighted by atomic mass is 16.5. The van der Waals surface area contributed by atoms with Gasteiger partial charge in [0.25, 0.3) is 11.1 Å². The number of nitrogen functional groups attached to an aromatic ring is 1. The normalized spacial score (nSPS) is 10.9. The molecule has 2 aromatic carbocycles. The monoisotopic (exact) mass is 475 g/mol. The number of carbonyl (C=O) groups excluding carboxylic acids is 2. The van der Waals surface area contributed by atoms with E-state index in [-0.39, 0.29) is 28.8 Å². The van der Waals surface area contributed by atoms with Gasteiger partial charge < -0.3 is 10.5 Å². The minimum Gasteiger partial charge on any atom is -0.452 e. The number of ketones is 1. The first-order chi connectivity index (χ1) is 16.7. The predicted octanol–water partition coefficient (Wildman–Crippen LogP) is 0.464. The third-order valence-electron chi connectivity index (χ3n) is 5.56. The molecule has 11 heteroatoms. The van der Waals surface area contributed by atoms with Gasteiger partial charge in [0.1, 0.15) is 11.4 Å². The van der Waals surface area contributed by atoms with E-state index < -0.39 is 40.7 Å². The first kappa shape index (κ1) is 23.4. The van der Waals surface area contributed by atoms with Crippen molar-refractivity contribution in [3.8, 4) is 0 Å². The molecule has 0 saturated heterocycles. The van der Waals surface area contributed by atoms with Gasteiger partial charge in [-0.1, -0.05) is 48.5 Å². The molecule has 35 heavy (non-hydrogen) atoms. The number of esters is 1. The molecular weight excluding hydrogens is 454 g/mol. The van der Waals surface area contributed by atoms with Gasteiger partial charge in [0.05, 0.1) is 11.9 Å². The zero-order valence-electron chi connectivity index (χ0n) is 18.9. The molecule has 0 bridgehead atoms. The molecule has 0 radical (unpaired) electrons. The molecule has 11 nitrogen and oxygen atoms in total. The lowest BCUT2D eigenvalue weighted by Crippen LogP contribution is -2.42. The van der Waals surface area contributed by atoms with Crippen LogP contribution < -0.4 is 22.5 Å². The molecular formula is C24H21N5O6. The van der Waals surface area contributed by atoms with Gasteiger partial charge in [0.15, 0.2) is 12.3 Å². The lowest BCUT2D eigenvalue weighted by atomic mass is 10.1. The standard InChI is InChI=1S/C24H21N5O6/c1-27-20(25)18(22(32)28(2)24(27)34)17(30)13-35-23(33)19-15-10-6-7-11-16(15)21(31)29(26-19)12-14-8-4-3-5-9-14/h3-11H,12-13,25H2,1-2H3. The molecule has 0 amide bonds. The van der Waals surface area contributed by atoms with Gasteiger partial charge in [-0.2, -0.15) is 5.10 Å². The number of ether oxygens (including phenoxy) is 1. The maximum atomic E-state index is 12.9. The van der Waals surface area contributed by atoms with Crippen molar-refractivity contribution in [1.29, 1.82) is 0 Å². The Hall–Kier alpha value is -4.80. The van der Waals surface area contributed by atoms with Gasteiger partial charge in [-0.05, 0) is 11.6 Å². The molecule has 0 saturated carbocycles. The molecule has 0 aliphatic rings. The molecule has 4 rings (SSSR count). The molecule has 0 atom stereocenters. The Morgan fingerprint density at radius 1 is 0.886 bits per heavy atom. The molecule has 0 fully saturated rings. The van der Waals surface area contributed by atoms with E-state index in [1.54, 1.807) is 24.3 Å². The Labute approximate surface area is 197 Å². The van der Waals surface area contributed by atoms with Crippen molar-refractivity contribution in [3.05, 3.63) is 103 Å². The number of hydrogen-bond donors (Lipinski definition) is 1. The van der Waals surface area contributed by atoms with Crippen LogP contribution in [-0.2, 0) is 25.4 Å². The van der Waals surface area contributed by atoms with Crippen molar-refractivity contribution in [2.75, 3.05) is 12.3 Å². The fourth-order valence-electron chi connectivity index (χ4n) is 3.64. The molecule has 2 aromatic heterocycles. The van der Waals surface area contributed by atoms with Crippen LogP contribution in [0, 0.1) is 0 Å². The van der Waals surface area contributed by atoms with E-state index in [1.807, 2.05) is 30.3 Å². The van der Waals surface area contributed by atoms with Crippen molar-refractivity contribution in [3.63, 3.8) is 0 Å². The molecule has 2 heterocycles. The Balaban J connectivity index is 1.68. The van der Waals surface area contributed by atoms with Gasteiger partial charge in [-0.3, -0.25) is 23.5 Å². The summed E-state index contributed by atoms with van der Waals surface area (Å²) in [4.78, 5) is 63.0. The lowest BCUT2D eigenvalue weighted by molar-refractivity contribution is 0.0468. The third-order valence-corrected chi connectivity index (χ3v) is 5.56. The number of nitrogens with zero attached hydrogens (tertiary/aromatic N) is 4. The van der Waals surface area contributed by atoms with Crippen molar-refractivity contribution in [1.82, 2.24) is 18.9 Å². The summed E-state index contributed by atoms with van der Waals surface area (Å²) in [5, 5.41) is 4.72. The van der Waals surface area contributed by atoms with Gasteiger partial charge in [0.2, 0.25) is 5.78 Å². The third kappa shape index (κ3) is 4.26. The number of carbonyl (C=O) groups is 2. The minimum atomic E-state index is -0.962. The van der Waals surface area contributed by atoms with Crippen LogP contribution in [0.4, 0.5) is 5.82 Å². The van der Waals surface area contributed by atoms with E-state index in [1.165, 1.54) is 14.1 Å². The largest absolute Gasteiger partial charge is 0.452 e. The number of anilines is 1. The van der Waals surface area contributed by atoms with E-state index in [0.717, 1.165) is 19.4 Å². The Kier molecular flexibility index (Phi) is 6.15. The number of nitrogens with two attached hydrogens (primary N) is 1. The van der Waals surface area contributed by atoms with Gasteiger partial charge in [0, 0.05) is 19.5 Å². The second kappa shape index (κ2) is 9.21. The molecule has 0 aliphatic heterocycles. The number of benzene rings is 2. The lowest BCUT2D eigenvalue weighted by Gasteiger charge is -2.12. The topological polar surface area (TPSA) is 148 Å². The van der Waals surface area contributed by atoms with Gasteiger partial charge >= 0.3 is 11.7 Å². The molecule has 0 spiro atoms. The van der Waals surface area contributed by atoms with Crippen molar-refractivity contribution >= 4 is 28.3 Å². The average Bonchev–Trinajstić information content (AvgIpc) is 2.87. The Morgan fingerprint density at radius 3 is 2.20 bits per heavy atom. The highest BCUT2D eigenvalue weighted by molar-refractivity contribution is 6.05. The second-order valence-corrected chi connectivity index (χ2v) is 7.81. The SMILES string of the molecule is Cn1c(N)c(C(=O)COC(=O)c2nn(Cc3ccccc3)c(=O)c3ccccc23)c(=O)n(C)c1=O. The van der Waals surface area contributed by atoms with Gasteiger partial charge in [-0.15, -0.1) is 0 Å². The fraction of sp³-hybridized carbons (Fsp3) is 0.167. The van der Waals surface area contributed by atoms with Crippen LogP contribution in [0.3, 0.4) is 0 Å². The Bertz CT molecular complexity index is 1650. The summed E-state index contributed by atoms with van der Waals surface area (Å²) in [6.07, 6.45) is 0. The zero-order valence-corrected chi connectivity index (χ0v) is 18.9. The molecule has 178 valence electrons. The molecule has 2 N–H and O–H groups in total. The minimum absolute atomic E-state index is 0.119. The highest BCUT2D eigenvalue weighted by Crippen LogP contribution is 2.15. The number of hydrogen-bond acceptors (Lipinski definition) is 8. The van der Waals surface area contributed by atoms with E-state index in [2.05, 4.69) is 5.10 Å². The summed E-state index contributed by atoms with van der Waals surface area (Å²) in [5.41, 5.74) is 3.98. The Morgan fingerprint density at radius 2 is 1.51 bits per heavy atom. The average molecular weight is 475 g/mol. The van der Waals surface area contributed by atoms with Crippen LogP contribution in [0.25, 0.3) is 10.8 Å². The second-order valence-electron chi connectivity index (χ2n) is 7.81. The van der Waals surface area contributed by atoms with E-state index >= 15 is 0 Å². The number of aromatic nitrogens is 4. The summed E-state index contributed by atoms with van der Waals surface area (Å²) in [6.45, 7) is -0.696. The van der Waals surface area contributed by atoms with Crippen LogP contribution in [0.2, 0.25) is 0 Å². The van der Waals surface area contributed by atoms with E-state index in [9.17, 15) is 24.0 Å². The number of fused-ring (bicyclic) bond motifs is 1. The van der Waals surface area contributed by atoms with E-state index in [0.29, 0.717) is 0 Å². The summed E-state index contributed by atoms with van der Waals surface area (Å²) in [5.74, 6) is -2.18. The fourth-order valence-corrected chi connectivity index (χ4v) is 3.64. The van der Waals surface area contributed by atoms with Crippen LogP contribution in [-0.4, -0.2) is 37.3 Å². The summed E-state index contributed by atoms with van der Waals surface area (Å²) < 4.78 is 8.00. The highest BCUT2D eigenvalue weighted by Gasteiger charge is 2.23. The predicted molar refractivity (Wildman–Crippen MR) is 127 cm³/mol. The molecule has 4 aromatic rings. The quantitative estimate of drug-likeness (QED) is 0.312. The van der Waals surface area contributed by atoms with Crippen LogP contribution >= 0.6 is 0 Å². The molecule has 0 unspecified atom stereocenters. The summed E-state index contributed by atoms with van der Waals surface area (Å²) >= 11 is 0.